The summed E-state index contributed by atoms with van der Waals surface area (Å²) in [7, 11) is 0. The molecule has 0 saturated heterocycles. The Morgan fingerprint density at radius 2 is 2.22 bits per heavy atom. The summed E-state index contributed by atoms with van der Waals surface area (Å²) >= 11 is 0. The lowest BCUT2D eigenvalue weighted by Gasteiger charge is -2.14. The Balaban J connectivity index is 2.66. The largest absolute Gasteiger partial charge is 0.397 e. The predicted octanol–water partition coefficient (Wildman–Crippen LogP) is 1.54. The van der Waals surface area contributed by atoms with Gasteiger partial charge in [-0.2, -0.15) is 0 Å². The fourth-order valence-corrected chi connectivity index (χ4v) is 1.85. The van der Waals surface area contributed by atoms with Gasteiger partial charge in [-0.15, -0.1) is 0 Å². The van der Waals surface area contributed by atoms with Crippen LogP contribution in [0.5, 0.6) is 0 Å². The SMILES string of the molecule is CCCC(O)CNC(=O)c1cc(N)cn1C(C)C. The monoisotopic (exact) mass is 253 g/mol. The normalized spacial score (nSPS) is 12.7. The molecule has 0 aliphatic rings. The maximum Gasteiger partial charge on any atom is 0.268 e. The summed E-state index contributed by atoms with van der Waals surface area (Å²) in [5.74, 6) is -0.199. The van der Waals surface area contributed by atoms with Gasteiger partial charge < -0.3 is 20.7 Å². The number of carbonyl (C=O) groups excluding carboxylic acids is 1. The molecule has 1 atom stereocenters. The van der Waals surface area contributed by atoms with Crippen LogP contribution < -0.4 is 11.1 Å². The molecule has 1 heterocycles. The van der Waals surface area contributed by atoms with Crippen LogP contribution in [0.4, 0.5) is 5.69 Å². The van der Waals surface area contributed by atoms with Crippen LogP contribution in [0.2, 0.25) is 0 Å². The number of aliphatic hydroxyl groups is 1. The third kappa shape index (κ3) is 3.77. The van der Waals surface area contributed by atoms with Crippen molar-refractivity contribution in [2.45, 2.75) is 45.8 Å². The Bertz CT molecular complexity index is 399. The number of aliphatic hydroxyl groups excluding tert-OH is 1. The van der Waals surface area contributed by atoms with Gasteiger partial charge >= 0.3 is 0 Å². The number of hydrogen-bond acceptors (Lipinski definition) is 3. The number of anilines is 1. The summed E-state index contributed by atoms with van der Waals surface area (Å²) in [6.45, 7) is 6.25. The van der Waals surface area contributed by atoms with E-state index in [1.807, 2.05) is 25.3 Å². The third-order valence-corrected chi connectivity index (χ3v) is 2.78. The van der Waals surface area contributed by atoms with Gasteiger partial charge in [-0.05, 0) is 26.3 Å². The first kappa shape index (κ1) is 14.6. The minimum Gasteiger partial charge on any atom is -0.397 e. The number of carbonyl (C=O) groups is 1. The Labute approximate surface area is 108 Å². The molecule has 5 nitrogen and oxygen atoms in total. The summed E-state index contributed by atoms with van der Waals surface area (Å²) in [5.41, 5.74) is 6.81. The molecular formula is C13H23N3O2. The van der Waals surface area contributed by atoms with E-state index in [9.17, 15) is 9.90 Å². The Kier molecular flexibility index (Phi) is 5.22. The van der Waals surface area contributed by atoms with E-state index in [0.717, 1.165) is 6.42 Å². The molecule has 1 rings (SSSR count). The van der Waals surface area contributed by atoms with Gasteiger partial charge in [0.15, 0.2) is 0 Å². The molecule has 102 valence electrons. The second-order valence-electron chi connectivity index (χ2n) is 4.81. The lowest BCUT2D eigenvalue weighted by molar-refractivity contribution is 0.0899. The van der Waals surface area contributed by atoms with Crippen LogP contribution in [0.1, 0.15) is 50.1 Å². The number of rotatable bonds is 6. The van der Waals surface area contributed by atoms with Gasteiger partial charge in [-0.3, -0.25) is 4.79 Å². The highest BCUT2D eigenvalue weighted by molar-refractivity contribution is 5.93. The van der Waals surface area contributed by atoms with Gasteiger partial charge in [0.1, 0.15) is 5.69 Å². The van der Waals surface area contributed by atoms with Gasteiger partial charge in [-0.1, -0.05) is 13.3 Å². The first-order valence-corrected chi connectivity index (χ1v) is 6.39. The van der Waals surface area contributed by atoms with E-state index in [2.05, 4.69) is 5.32 Å². The van der Waals surface area contributed by atoms with Crippen molar-refractivity contribution >= 4 is 11.6 Å². The maximum atomic E-state index is 12.0. The van der Waals surface area contributed by atoms with Crippen LogP contribution in [0.3, 0.4) is 0 Å². The predicted molar refractivity (Wildman–Crippen MR) is 72.5 cm³/mol. The molecule has 0 spiro atoms. The van der Waals surface area contributed by atoms with Crippen LogP contribution in [-0.4, -0.2) is 28.2 Å². The molecule has 5 heteroatoms. The van der Waals surface area contributed by atoms with E-state index in [1.54, 1.807) is 12.3 Å². The van der Waals surface area contributed by atoms with Gasteiger partial charge in [0.25, 0.3) is 5.91 Å². The van der Waals surface area contributed by atoms with Gasteiger partial charge in [0.05, 0.1) is 11.8 Å². The van der Waals surface area contributed by atoms with Crippen molar-refractivity contribution in [3.05, 3.63) is 18.0 Å². The zero-order valence-corrected chi connectivity index (χ0v) is 11.3. The zero-order chi connectivity index (χ0) is 13.7. The lowest BCUT2D eigenvalue weighted by atomic mass is 10.2. The fourth-order valence-electron chi connectivity index (χ4n) is 1.85. The van der Waals surface area contributed by atoms with E-state index in [0.29, 0.717) is 17.8 Å². The van der Waals surface area contributed by atoms with Crippen molar-refractivity contribution in [3.8, 4) is 0 Å². The average Bonchev–Trinajstić information content (AvgIpc) is 2.69. The van der Waals surface area contributed by atoms with Gasteiger partial charge in [0, 0.05) is 18.8 Å². The standard InChI is InChI=1S/C13H23N3O2/c1-4-5-11(17)7-15-13(18)12-6-10(14)8-16(12)9(2)3/h6,8-9,11,17H,4-5,7,14H2,1-3H3,(H,15,18). The number of nitrogens with one attached hydrogen (secondary N) is 1. The number of nitrogens with two attached hydrogens (primary N) is 1. The summed E-state index contributed by atoms with van der Waals surface area (Å²) in [5, 5.41) is 12.3. The number of nitrogens with zero attached hydrogens (tertiary/aromatic N) is 1. The fraction of sp³-hybridized carbons (Fsp3) is 0.615. The molecule has 1 aromatic rings. The molecule has 18 heavy (non-hydrogen) atoms. The van der Waals surface area contributed by atoms with Crippen molar-refractivity contribution in [1.82, 2.24) is 9.88 Å². The molecule has 1 amide bonds. The number of nitrogen functional groups attached to an aromatic ring is 1. The van der Waals surface area contributed by atoms with E-state index < -0.39 is 6.10 Å². The molecule has 0 radical (unpaired) electrons. The highest BCUT2D eigenvalue weighted by Crippen LogP contribution is 2.16. The lowest BCUT2D eigenvalue weighted by Crippen LogP contribution is -2.33. The first-order chi connectivity index (χ1) is 8.45. The third-order valence-electron chi connectivity index (χ3n) is 2.78. The van der Waals surface area contributed by atoms with Crippen molar-refractivity contribution < 1.29 is 9.90 Å². The Morgan fingerprint density at radius 1 is 1.56 bits per heavy atom. The molecule has 0 aliphatic heterocycles. The Morgan fingerprint density at radius 3 is 2.78 bits per heavy atom. The Hall–Kier alpha value is -1.49. The molecule has 0 fully saturated rings. The number of hydrogen-bond donors (Lipinski definition) is 3. The van der Waals surface area contributed by atoms with E-state index in [-0.39, 0.29) is 18.5 Å². The number of aromatic nitrogens is 1. The van der Waals surface area contributed by atoms with Gasteiger partial charge in [0.2, 0.25) is 0 Å². The first-order valence-electron chi connectivity index (χ1n) is 6.39. The van der Waals surface area contributed by atoms with E-state index in [1.165, 1.54) is 0 Å². The molecular weight excluding hydrogens is 230 g/mol. The molecule has 0 aliphatic carbocycles. The maximum absolute atomic E-state index is 12.0. The van der Waals surface area contributed by atoms with E-state index >= 15 is 0 Å². The zero-order valence-electron chi connectivity index (χ0n) is 11.3. The van der Waals surface area contributed by atoms with Crippen LogP contribution in [0.25, 0.3) is 0 Å². The van der Waals surface area contributed by atoms with Crippen LogP contribution in [-0.2, 0) is 0 Å². The summed E-state index contributed by atoms with van der Waals surface area (Å²) < 4.78 is 1.83. The summed E-state index contributed by atoms with van der Waals surface area (Å²) in [6, 6.07) is 1.82. The molecule has 1 aromatic heterocycles. The molecule has 4 N–H and O–H groups in total. The average molecular weight is 253 g/mol. The van der Waals surface area contributed by atoms with Crippen molar-refractivity contribution in [1.29, 1.82) is 0 Å². The molecule has 1 unspecified atom stereocenters. The van der Waals surface area contributed by atoms with Crippen LogP contribution in [0, 0.1) is 0 Å². The quantitative estimate of drug-likeness (QED) is 0.719. The molecule has 0 bridgehead atoms. The van der Waals surface area contributed by atoms with Crippen LogP contribution >= 0.6 is 0 Å². The van der Waals surface area contributed by atoms with Crippen LogP contribution in [0.15, 0.2) is 12.3 Å². The molecule has 0 saturated carbocycles. The second kappa shape index (κ2) is 6.44. The summed E-state index contributed by atoms with van der Waals surface area (Å²) in [4.78, 5) is 12.0. The van der Waals surface area contributed by atoms with Gasteiger partial charge in [-0.25, -0.2) is 0 Å². The summed E-state index contributed by atoms with van der Waals surface area (Å²) in [6.07, 6.45) is 2.85. The minimum absolute atomic E-state index is 0.170. The minimum atomic E-state index is -0.487. The number of amides is 1. The highest BCUT2D eigenvalue weighted by Gasteiger charge is 2.15. The van der Waals surface area contributed by atoms with Crippen molar-refractivity contribution in [2.24, 2.45) is 0 Å². The topological polar surface area (TPSA) is 80.3 Å². The van der Waals surface area contributed by atoms with E-state index in [4.69, 9.17) is 5.73 Å². The smallest absolute Gasteiger partial charge is 0.268 e. The highest BCUT2D eigenvalue weighted by atomic mass is 16.3. The van der Waals surface area contributed by atoms with Crippen molar-refractivity contribution in [2.75, 3.05) is 12.3 Å². The van der Waals surface area contributed by atoms with Crippen molar-refractivity contribution in [3.63, 3.8) is 0 Å². The molecule has 0 aromatic carbocycles. The second-order valence-corrected chi connectivity index (χ2v) is 4.81.